The van der Waals surface area contributed by atoms with Crippen LogP contribution in [0.1, 0.15) is 30.9 Å². The lowest BCUT2D eigenvalue weighted by atomic mass is 9.92. The molecule has 0 saturated carbocycles. The number of anilines is 1. The highest BCUT2D eigenvalue weighted by Gasteiger charge is 2.27. The van der Waals surface area contributed by atoms with Crippen LogP contribution in [-0.4, -0.2) is 37.2 Å². The Hall–Kier alpha value is -3.27. The Bertz CT molecular complexity index is 804. The molecule has 0 aliphatic carbocycles. The number of allylic oxidation sites excluding steroid dienone is 3. The summed E-state index contributed by atoms with van der Waals surface area (Å²) < 4.78 is 0. The molecule has 1 saturated heterocycles. The molecule has 0 amide bonds. The number of benzene rings is 1. The SMILES string of the molecule is C/C(N)=C/C(=C\N)c1cccc(C#N)c1N1CCC(C(=N)N(C)C=N)CC1. The van der Waals surface area contributed by atoms with Crippen molar-refractivity contribution in [1.82, 2.24) is 4.90 Å². The van der Waals surface area contributed by atoms with Gasteiger partial charge in [0.25, 0.3) is 0 Å². The van der Waals surface area contributed by atoms with E-state index in [0.29, 0.717) is 17.1 Å². The van der Waals surface area contributed by atoms with Crippen molar-refractivity contribution in [2.45, 2.75) is 19.8 Å². The number of hydrogen-bond donors (Lipinski definition) is 4. The third kappa shape index (κ3) is 4.47. The maximum atomic E-state index is 9.62. The van der Waals surface area contributed by atoms with Crippen molar-refractivity contribution >= 4 is 23.4 Å². The van der Waals surface area contributed by atoms with E-state index in [-0.39, 0.29) is 5.92 Å². The summed E-state index contributed by atoms with van der Waals surface area (Å²) >= 11 is 0. The molecule has 27 heavy (non-hydrogen) atoms. The maximum absolute atomic E-state index is 9.62. The van der Waals surface area contributed by atoms with Crippen LogP contribution in [0.2, 0.25) is 0 Å². The molecule has 0 unspecified atom stereocenters. The largest absolute Gasteiger partial charge is 0.404 e. The monoisotopic (exact) mass is 365 g/mol. The molecule has 7 heteroatoms. The van der Waals surface area contributed by atoms with Gasteiger partial charge in [-0.25, -0.2) is 0 Å². The van der Waals surface area contributed by atoms with Gasteiger partial charge in [-0.15, -0.1) is 0 Å². The van der Waals surface area contributed by atoms with Crippen molar-refractivity contribution in [3.8, 4) is 6.07 Å². The topological polar surface area (TPSA) is 130 Å². The molecule has 0 spiro atoms. The van der Waals surface area contributed by atoms with Crippen LogP contribution in [0.5, 0.6) is 0 Å². The predicted molar refractivity (Wildman–Crippen MR) is 110 cm³/mol. The van der Waals surface area contributed by atoms with Gasteiger partial charge in [-0.3, -0.25) is 10.8 Å². The van der Waals surface area contributed by atoms with E-state index in [4.69, 9.17) is 22.3 Å². The molecule has 1 aromatic carbocycles. The molecular formula is C20H27N7. The predicted octanol–water partition coefficient (Wildman–Crippen LogP) is 2.45. The van der Waals surface area contributed by atoms with Gasteiger partial charge in [0.15, 0.2) is 0 Å². The molecule has 2 rings (SSSR count). The van der Waals surface area contributed by atoms with Crippen LogP contribution < -0.4 is 16.4 Å². The Morgan fingerprint density at radius 2 is 2.04 bits per heavy atom. The highest BCUT2D eigenvalue weighted by molar-refractivity contribution is 5.91. The van der Waals surface area contributed by atoms with E-state index >= 15 is 0 Å². The summed E-state index contributed by atoms with van der Waals surface area (Å²) in [7, 11) is 1.73. The number of amidine groups is 1. The average molecular weight is 365 g/mol. The molecule has 142 valence electrons. The lowest BCUT2D eigenvalue weighted by molar-refractivity contribution is 0.472. The van der Waals surface area contributed by atoms with Crippen LogP contribution in [-0.2, 0) is 0 Å². The van der Waals surface area contributed by atoms with Crippen LogP contribution in [0.25, 0.3) is 5.57 Å². The Kier molecular flexibility index (Phi) is 6.61. The summed E-state index contributed by atoms with van der Waals surface area (Å²) in [4.78, 5) is 3.73. The zero-order valence-electron chi connectivity index (χ0n) is 15.9. The summed E-state index contributed by atoms with van der Waals surface area (Å²) in [5.41, 5.74) is 15.4. The van der Waals surface area contributed by atoms with E-state index < -0.39 is 0 Å². The van der Waals surface area contributed by atoms with Crippen LogP contribution in [0.3, 0.4) is 0 Å². The van der Waals surface area contributed by atoms with Gasteiger partial charge < -0.3 is 21.3 Å². The summed E-state index contributed by atoms with van der Waals surface area (Å²) in [6, 6.07) is 7.89. The Morgan fingerprint density at radius 3 is 2.56 bits per heavy atom. The van der Waals surface area contributed by atoms with Crippen LogP contribution in [0.4, 0.5) is 5.69 Å². The van der Waals surface area contributed by atoms with Gasteiger partial charge in [-0.1, -0.05) is 12.1 Å². The first-order valence-corrected chi connectivity index (χ1v) is 8.88. The summed E-state index contributed by atoms with van der Waals surface area (Å²) in [6.07, 6.45) is 6.07. The van der Waals surface area contributed by atoms with Crippen molar-refractivity contribution in [1.29, 1.82) is 16.1 Å². The van der Waals surface area contributed by atoms with Crippen molar-refractivity contribution in [2.75, 3.05) is 25.0 Å². The van der Waals surface area contributed by atoms with Gasteiger partial charge in [0, 0.05) is 49.1 Å². The van der Waals surface area contributed by atoms with Crippen LogP contribution >= 0.6 is 0 Å². The number of nitrogens with two attached hydrogens (primary N) is 2. The second-order valence-corrected chi connectivity index (χ2v) is 6.71. The Morgan fingerprint density at radius 1 is 1.37 bits per heavy atom. The van der Waals surface area contributed by atoms with Crippen LogP contribution in [0, 0.1) is 28.1 Å². The van der Waals surface area contributed by atoms with Crippen molar-refractivity contribution in [3.05, 3.63) is 47.3 Å². The summed E-state index contributed by atoms with van der Waals surface area (Å²) in [6.45, 7) is 3.26. The second-order valence-electron chi connectivity index (χ2n) is 6.71. The van der Waals surface area contributed by atoms with Gasteiger partial charge in [-0.05, 0) is 31.9 Å². The molecule has 0 radical (unpaired) electrons. The average Bonchev–Trinajstić information content (AvgIpc) is 2.70. The lowest BCUT2D eigenvalue weighted by Gasteiger charge is -2.36. The molecule has 1 heterocycles. The van der Waals surface area contributed by atoms with E-state index in [0.717, 1.165) is 49.1 Å². The van der Waals surface area contributed by atoms with Gasteiger partial charge >= 0.3 is 0 Å². The molecule has 1 aromatic rings. The molecule has 0 aromatic heterocycles. The number of piperidine rings is 1. The van der Waals surface area contributed by atoms with E-state index in [1.54, 1.807) is 18.9 Å². The first kappa shape index (κ1) is 20.0. The number of nitriles is 1. The number of nitrogens with one attached hydrogen (secondary N) is 2. The van der Waals surface area contributed by atoms with Gasteiger partial charge in [0.05, 0.1) is 17.6 Å². The van der Waals surface area contributed by atoms with Gasteiger partial charge in [0.1, 0.15) is 11.9 Å². The fourth-order valence-electron chi connectivity index (χ4n) is 3.40. The highest BCUT2D eigenvalue weighted by atomic mass is 15.2. The molecule has 0 bridgehead atoms. The highest BCUT2D eigenvalue weighted by Crippen LogP contribution is 2.34. The minimum atomic E-state index is 0.112. The molecule has 1 fully saturated rings. The van der Waals surface area contributed by atoms with Crippen molar-refractivity contribution in [3.63, 3.8) is 0 Å². The first-order chi connectivity index (χ1) is 12.9. The fraction of sp³-hybridized carbons (Fsp3) is 0.350. The standard InChI is InChI=1S/C20H27N7/c1-14(24)10-17(12-22)18-5-3-4-16(11-21)19(18)27-8-6-15(7-9-27)20(25)26(2)13-23/h3-5,10,12-13,15,23,25H,6-9,22,24H2,1-2H3/b14-10-,17-12+,23-13?,25-20?. The fourth-order valence-corrected chi connectivity index (χ4v) is 3.40. The molecule has 6 N–H and O–H groups in total. The Balaban J connectivity index is 2.34. The maximum Gasteiger partial charge on any atom is 0.104 e. The Labute approximate surface area is 160 Å². The van der Waals surface area contributed by atoms with E-state index in [9.17, 15) is 5.26 Å². The number of hydrogen-bond acceptors (Lipinski definition) is 6. The van der Waals surface area contributed by atoms with E-state index in [2.05, 4.69) is 11.0 Å². The van der Waals surface area contributed by atoms with Crippen molar-refractivity contribution < 1.29 is 0 Å². The second kappa shape index (κ2) is 8.90. The third-order valence-electron chi connectivity index (χ3n) is 4.80. The minimum Gasteiger partial charge on any atom is -0.404 e. The first-order valence-electron chi connectivity index (χ1n) is 8.88. The molecule has 1 aliphatic rings. The summed E-state index contributed by atoms with van der Waals surface area (Å²) in [5, 5.41) is 25.2. The zero-order valence-corrected chi connectivity index (χ0v) is 15.9. The number of nitrogens with zero attached hydrogens (tertiary/aromatic N) is 3. The van der Waals surface area contributed by atoms with Crippen LogP contribution in [0.15, 0.2) is 36.2 Å². The third-order valence-corrected chi connectivity index (χ3v) is 4.80. The summed E-state index contributed by atoms with van der Waals surface area (Å²) in [5.74, 6) is 0.573. The quantitative estimate of drug-likeness (QED) is 0.362. The molecule has 7 nitrogen and oxygen atoms in total. The van der Waals surface area contributed by atoms with E-state index in [1.807, 2.05) is 24.3 Å². The van der Waals surface area contributed by atoms with Gasteiger partial charge in [0.2, 0.25) is 0 Å². The molecular weight excluding hydrogens is 338 g/mol. The zero-order chi connectivity index (χ0) is 20.0. The molecule has 0 atom stereocenters. The number of rotatable bonds is 5. The van der Waals surface area contributed by atoms with Gasteiger partial charge in [-0.2, -0.15) is 5.26 Å². The lowest BCUT2D eigenvalue weighted by Crippen LogP contribution is -2.41. The minimum absolute atomic E-state index is 0.112. The number of para-hydroxylation sites is 1. The normalized spacial score (nSPS) is 16.0. The van der Waals surface area contributed by atoms with E-state index in [1.165, 1.54) is 6.20 Å². The molecule has 1 aliphatic heterocycles. The van der Waals surface area contributed by atoms with Crippen molar-refractivity contribution in [2.24, 2.45) is 17.4 Å². The smallest absolute Gasteiger partial charge is 0.104 e.